The first kappa shape index (κ1) is 12.1. The highest BCUT2D eigenvalue weighted by Gasteiger charge is 2.11. The summed E-state index contributed by atoms with van der Waals surface area (Å²) in [5.74, 6) is 0. The smallest absolute Gasteiger partial charge is 0.0428 e. The molecule has 0 unspecified atom stereocenters. The lowest BCUT2D eigenvalue weighted by atomic mass is 9.98. The lowest BCUT2D eigenvalue weighted by Crippen LogP contribution is -2.26. The van der Waals surface area contributed by atoms with Gasteiger partial charge in [-0.3, -0.25) is 0 Å². The number of nitrogens with two attached hydrogens (primary N) is 1. The monoisotopic (exact) mass is 206 g/mol. The van der Waals surface area contributed by atoms with E-state index in [4.69, 9.17) is 5.73 Å². The second-order valence-corrected chi connectivity index (χ2v) is 4.32. The molecule has 0 atom stereocenters. The van der Waals surface area contributed by atoms with Gasteiger partial charge in [-0.15, -0.1) is 0 Å². The quantitative estimate of drug-likeness (QED) is 0.822. The van der Waals surface area contributed by atoms with Gasteiger partial charge in [0, 0.05) is 25.8 Å². The van der Waals surface area contributed by atoms with E-state index in [1.54, 1.807) is 0 Å². The lowest BCUT2D eigenvalue weighted by molar-refractivity contribution is 0.875. The van der Waals surface area contributed by atoms with E-state index in [1.807, 2.05) is 0 Å². The Kier molecular flexibility index (Phi) is 3.75. The van der Waals surface area contributed by atoms with Gasteiger partial charge in [-0.1, -0.05) is 6.07 Å². The zero-order valence-corrected chi connectivity index (χ0v) is 10.5. The van der Waals surface area contributed by atoms with Crippen LogP contribution in [-0.2, 0) is 0 Å². The fourth-order valence-electron chi connectivity index (χ4n) is 2.07. The second kappa shape index (κ2) is 4.67. The van der Waals surface area contributed by atoms with Gasteiger partial charge in [0.25, 0.3) is 0 Å². The number of likely N-dealkylation sites (N-methyl/N-ethyl adjacent to an activating group) is 1. The lowest BCUT2D eigenvalue weighted by Gasteiger charge is -2.25. The number of aryl methyl sites for hydroxylation is 2. The van der Waals surface area contributed by atoms with Crippen LogP contribution in [-0.4, -0.2) is 20.1 Å². The molecule has 2 N–H and O–H groups in total. The molecular formula is C13H22N2. The molecule has 0 radical (unpaired) electrons. The summed E-state index contributed by atoms with van der Waals surface area (Å²) in [5, 5.41) is 0. The predicted molar refractivity (Wildman–Crippen MR) is 67.7 cm³/mol. The topological polar surface area (TPSA) is 29.3 Å². The number of nitrogens with zero attached hydrogens (tertiary/aromatic N) is 1. The Bertz CT molecular complexity index is 330. The van der Waals surface area contributed by atoms with Crippen molar-refractivity contribution >= 4 is 5.69 Å². The van der Waals surface area contributed by atoms with Crippen molar-refractivity contribution in [2.75, 3.05) is 25.0 Å². The maximum atomic E-state index is 5.60. The molecule has 1 aromatic carbocycles. The molecule has 0 heterocycles. The normalized spacial score (nSPS) is 10.5. The Morgan fingerprint density at radius 3 is 1.93 bits per heavy atom. The molecule has 0 fully saturated rings. The van der Waals surface area contributed by atoms with Gasteiger partial charge in [0.15, 0.2) is 0 Å². The highest BCUT2D eigenvalue weighted by atomic mass is 15.1. The molecule has 0 aliphatic rings. The van der Waals surface area contributed by atoms with E-state index >= 15 is 0 Å². The van der Waals surface area contributed by atoms with Crippen LogP contribution < -0.4 is 10.6 Å². The van der Waals surface area contributed by atoms with Gasteiger partial charge in [-0.05, 0) is 49.9 Å². The van der Waals surface area contributed by atoms with Gasteiger partial charge in [-0.2, -0.15) is 0 Å². The summed E-state index contributed by atoms with van der Waals surface area (Å²) < 4.78 is 0. The molecule has 0 aromatic heterocycles. The number of hydrogen-bond donors (Lipinski definition) is 1. The highest BCUT2D eigenvalue weighted by molar-refractivity contribution is 5.63. The number of benzene rings is 1. The van der Waals surface area contributed by atoms with Crippen molar-refractivity contribution in [3.8, 4) is 0 Å². The average Bonchev–Trinajstić information content (AvgIpc) is 2.16. The van der Waals surface area contributed by atoms with Gasteiger partial charge in [0.05, 0.1) is 0 Å². The fraction of sp³-hybridized carbons (Fsp3) is 0.538. The maximum absolute atomic E-state index is 5.60. The first-order chi connectivity index (χ1) is 6.99. The Labute approximate surface area is 93.1 Å². The van der Waals surface area contributed by atoms with Crippen LogP contribution in [0.2, 0.25) is 0 Å². The molecule has 1 rings (SSSR count). The summed E-state index contributed by atoms with van der Waals surface area (Å²) >= 11 is 0. The van der Waals surface area contributed by atoms with E-state index in [2.05, 4.69) is 45.7 Å². The fourth-order valence-corrected chi connectivity index (χ4v) is 2.07. The summed E-state index contributed by atoms with van der Waals surface area (Å²) in [7, 11) is 2.11. The van der Waals surface area contributed by atoms with Crippen molar-refractivity contribution in [3.63, 3.8) is 0 Å². The van der Waals surface area contributed by atoms with Crippen LogP contribution in [0.1, 0.15) is 22.3 Å². The van der Waals surface area contributed by atoms with Crippen LogP contribution in [0, 0.1) is 27.7 Å². The largest absolute Gasteiger partial charge is 0.373 e. The number of anilines is 1. The average molecular weight is 206 g/mol. The van der Waals surface area contributed by atoms with Gasteiger partial charge in [-0.25, -0.2) is 0 Å². The van der Waals surface area contributed by atoms with E-state index in [9.17, 15) is 0 Å². The molecule has 15 heavy (non-hydrogen) atoms. The Balaban J connectivity index is 3.26. The summed E-state index contributed by atoms with van der Waals surface area (Å²) in [6.07, 6.45) is 0. The van der Waals surface area contributed by atoms with Crippen molar-refractivity contribution < 1.29 is 0 Å². The first-order valence-corrected chi connectivity index (χ1v) is 5.47. The van der Waals surface area contributed by atoms with Crippen molar-refractivity contribution in [1.29, 1.82) is 0 Å². The number of hydrogen-bond acceptors (Lipinski definition) is 2. The maximum Gasteiger partial charge on any atom is 0.0428 e. The zero-order chi connectivity index (χ0) is 11.6. The summed E-state index contributed by atoms with van der Waals surface area (Å²) in [5.41, 5.74) is 12.4. The van der Waals surface area contributed by atoms with Crippen LogP contribution >= 0.6 is 0 Å². The van der Waals surface area contributed by atoms with Gasteiger partial charge in [0.1, 0.15) is 0 Å². The zero-order valence-electron chi connectivity index (χ0n) is 10.5. The van der Waals surface area contributed by atoms with Crippen molar-refractivity contribution in [2.45, 2.75) is 27.7 Å². The third-order valence-corrected chi connectivity index (χ3v) is 3.17. The second-order valence-electron chi connectivity index (χ2n) is 4.32. The Hall–Kier alpha value is -1.02. The van der Waals surface area contributed by atoms with Crippen LogP contribution in [0.3, 0.4) is 0 Å². The van der Waals surface area contributed by atoms with Crippen molar-refractivity contribution in [1.82, 2.24) is 0 Å². The molecule has 1 aromatic rings. The first-order valence-electron chi connectivity index (χ1n) is 5.47. The molecule has 84 valence electrons. The van der Waals surface area contributed by atoms with Gasteiger partial charge >= 0.3 is 0 Å². The minimum Gasteiger partial charge on any atom is -0.373 e. The molecule has 0 saturated carbocycles. The van der Waals surface area contributed by atoms with Crippen molar-refractivity contribution in [3.05, 3.63) is 28.3 Å². The Morgan fingerprint density at radius 1 is 1.07 bits per heavy atom. The molecule has 2 heteroatoms. The number of rotatable bonds is 3. The molecule has 0 amide bonds. The molecule has 0 saturated heterocycles. The summed E-state index contributed by atoms with van der Waals surface area (Å²) in [6, 6.07) is 2.25. The van der Waals surface area contributed by atoms with Crippen LogP contribution in [0.4, 0.5) is 5.69 Å². The minimum absolute atomic E-state index is 0.697. The van der Waals surface area contributed by atoms with E-state index in [0.717, 1.165) is 6.54 Å². The molecular weight excluding hydrogens is 184 g/mol. The van der Waals surface area contributed by atoms with Crippen LogP contribution in [0.15, 0.2) is 6.07 Å². The standard InChI is InChI=1S/C13H22N2/c1-9-8-10(2)12(4)13(11(9)3)15(5)7-6-14/h8H,6-7,14H2,1-5H3. The molecule has 0 aliphatic carbocycles. The summed E-state index contributed by atoms with van der Waals surface area (Å²) in [4.78, 5) is 2.25. The van der Waals surface area contributed by atoms with Crippen molar-refractivity contribution in [2.24, 2.45) is 5.73 Å². The van der Waals surface area contributed by atoms with Gasteiger partial charge in [0.2, 0.25) is 0 Å². The van der Waals surface area contributed by atoms with Gasteiger partial charge < -0.3 is 10.6 Å². The molecule has 0 spiro atoms. The van der Waals surface area contributed by atoms with E-state index in [-0.39, 0.29) is 0 Å². The SMILES string of the molecule is Cc1cc(C)c(C)c(N(C)CCN)c1C. The van der Waals surface area contributed by atoms with E-state index in [1.165, 1.54) is 27.9 Å². The molecule has 0 aliphatic heterocycles. The third kappa shape index (κ3) is 2.32. The van der Waals surface area contributed by atoms with Crippen LogP contribution in [0.5, 0.6) is 0 Å². The Morgan fingerprint density at radius 2 is 1.53 bits per heavy atom. The predicted octanol–water partition coefficient (Wildman–Crippen LogP) is 2.32. The summed E-state index contributed by atoms with van der Waals surface area (Å²) in [6.45, 7) is 10.3. The molecule has 2 nitrogen and oxygen atoms in total. The minimum atomic E-state index is 0.697. The van der Waals surface area contributed by atoms with E-state index in [0.29, 0.717) is 6.54 Å². The molecule has 0 bridgehead atoms. The third-order valence-electron chi connectivity index (χ3n) is 3.17. The highest BCUT2D eigenvalue weighted by Crippen LogP contribution is 2.28. The van der Waals surface area contributed by atoms with E-state index < -0.39 is 0 Å². The van der Waals surface area contributed by atoms with Crippen LogP contribution in [0.25, 0.3) is 0 Å².